The fraction of sp³-hybridized carbons (Fsp3) is 0.333. The van der Waals surface area contributed by atoms with Crippen molar-refractivity contribution in [3.63, 3.8) is 0 Å². The van der Waals surface area contributed by atoms with E-state index in [1.165, 1.54) is 5.56 Å². The Kier molecular flexibility index (Phi) is 5.75. The Morgan fingerprint density at radius 1 is 1.00 bits per heavy atom. The summed E-state index contributed by atoms with van der Waals surface area (Å²) < 4.78 is 0. The third-order valence-electron chi connectivity index (χ3n) is 4.14. The number of likely N-dealkylation sites (tertiary alicyclic amines) is 1. The van der Waals surface area contributed by atoms with Crippen LogP contribution in [0, 0.1) is 6.07 Å². The van der Waals surface area contributed by atoms with Crippen LogP contribution >= 0.6 is 0 Å². The molecule has 0 bridgehead atoms. The first kappa shape index (κ1) is 16.4. The summed E-state index contributed by atoms with van der Waals surface area (Å²) in [7, 11) is 0. The smallest absolute Gasteiger partial charge is 0.0698 e. The van der Waals surface area contributed by atoms with Crippen LogP contribution in [0.1, 0.15) is 24.0 Å². The molecule has 0 atom stereocenters. The third kappa shape index (κ3) is 4.03. The molecule has 2 aromatic carbocycles. The molecule has 21 heavy (non-hydrogen) atoms. The molecule has 110 valence electrons. The van der Waals surface area contributed by atoms with Gasteiger partial charge < -0.3 is 5.11 Å². The summed E-state index contributed by atoms with van der Waals surface area (Å²) in [6.07, 6.45) is 1.56. The molecule has 0 unspecified atom stereocenters. The van der Waals surface area contributed by atoms with Crippen molar-refractivity contribution in [3.05, 3.63) is 71.8 Å². The Bertz CT molecular complexity index is 536. The molecule has 2 nitrogen and oxygen atoms in total. The van der Waals surface area contributed by atoms with E-state index in [1.54, 1.807) is 0 Å². The van der Waals surface area contributed by atoms with E-state index in [9.17, 15) is 5.11 Å². The van der Waals surface area contributed by atoms with E-state index >= 15 is 0 Å². The number of hydrogen-bond acceptors (Lipinski definition) is 2. The van der Waals surface area contributed by atoms with Gasteiger partial charge in [0.1, 0.15) is 0 Å². The molecule has 1 fully saturated rings. The molecule has 1 saturated heterocycles. The van der Waals surface area contributed by atoms with Gasteiger partial charge in [-0.05, 0) is 18.4 Å². The minimum absolute atomic E-state index is 0. The summed E-state index contributed by atoms with van der Waals surface area (Å²) >= 11 is 0. The van der Waals surface area contributed by atoms with Gasteiger partial charge in [0, 0.05) is 40.7 Å². The number of nitrogens with zero attached hydrogens (tertiary/aromatic N) is 1. The first-order chi connectivity index (χ1) is 9.76. The molecule has 1 heterocycles. The Morgan fingerprint density at radius 2 is 1.67 bits per heavy atom. The van der Waals surface area contributed by atoms with Gasteiger partial charge in [-0.3, -0.25) is 4.90 Å². The summed E-state index contributed by atoms with van der Waals surface area (Å²) in [5.41, 5.74) is 1.57. The fourth-order valence-electron chi connectivity index (χ4n) is 2.87. The maximum Gasteiger partial charge on any atom is 0.0698 e. The third-order valence-corrected chi connectivity index (χ3v) is 4.14. The first-order valence-electron chi connectivity index (χ1n) is 7.22. The van der Waals surface area contributed by atoms with Crippen LogP contribution in [-0.4, -0.2) is 23.1 Å². The zero-order chi connectivity index (χ0) is 13.8. The van der Waals surface area contributed by atoms with E-state index in [2.05, 4.69) is 35.2 Å². The SMILES string of the molecule is OC1(c2[c-]cccc2)CCN(Cc2ccccc2)CC1.[W]. The second-order valence-electron chi connectivity index (χ2n) is 5.57. The van der Waals surface area contributed by atoms with Gasteiger partial charge in [0.05, 0.1) is 5.60 Å². The maximum atomic E-state index is 10.8. The van der Waals surface area contributed by atoms with Crippen molar-refractivity contribution < 1.29 is 26.2 Å². The van der Waals surface area contributed by atoms with E-state index in [1.807, 2.05) is 30.3 Å². The zero-order valence-corrected chi connectivity index (χ0v) is 15.0. The van der Waals surface area contributed by atoms with E-state index in [-0.39, 0.29) is 21.1 Å². The predicted octanol–water partition coefficient (Wildman–Crippen LogP) is 2.97. The number of aliphatic hydroxyl groups is 1. The average molecular weight is 450 g/mol. The Morgan fingerprint density at radius 3 is 2.29 bits per heavy atom. The Labute approximate surface area is 141 Å². The van der Waals surface area contributed by atoms with Crippen LogP contribution in [0.3, 0.4) is 0 Å². The van der Waals surface area contributed by atoms with Crippen LogP contribution in [0.4, 0.5) is 0 Å². The molecule has 0 saturated carbocycles. The van der Waals surface area contributed by atoms with Gasteiger partial charge in [-0.2, -0.15) is 30.3 Å². The minimum atomic E-state index is -0.700. The molecule has 1 N–H and O–H groups in total. The van der Waals surface area contributed by atoms with Crippen LogP contribution in [0.25, 0.3) is 0 Å². The van der Waals surface area contributed by atoms with Crippen molar-refractivity contribution in [2.24, 2.45) is 0 Å². The van der Waals surface area contributed by atoms with E-state index < -0.39 is 5.60 Å². The molecule has 0 aromatic heterocycles. The van der Waals surface area contributed by atoms with Crippen molar-refractivity contribution in [3.8, 4) is 0 Å². The van der Waals surface area contributed by atoms with E-state index in [4.69, 9.17) is 0 Å². The van der Waals surface area contributed by atoms with Crippen LogP contribution in [0.5, 0.6) is 0 Å². The molecule has 0 amide bonds. The largest absolute Gasteiger partial charge is 0.387 e. The Hall–Kier alpha value is -0.952. The normalized spacial score (nSPS) is 18.0. The molecule has 1 aliphatic rings. The molecular weight excluding hydrogens is 430 g/mol. The number of piperidine rings is 1. The molecule has 1 aliphatic heterocycles. The van der Waals surface area contributed by atoms with Crippen molar-refractivity contribution in [2.45, 2.75) is 25.0 Å². The van der Waals surface area contributed by atoms with Gasteiger partial charge in [-0.15, -0.1) is 5.56 Å². The quantitative estimate of drug-likeness (QED) is 0.728. The summed E-state index contributed by atoms with van der Waals surface area (Å²) in [4.78, 5) is 2.41. The predicted molar refractivity (Wildman–Crippen MR) is 80.1 cm³/mol. The molecule has 0 aliphatic carbocycles. The zero-order valence-electron chi connectivity index (χ0n) is 12.0. The number of benzene rings is 2. The van der Waals surface area contributed by atoms with Crippen LogP contribution in [0.15, 0.2) is 54.6 Å². The second-order valence-corrected chi connectivity index (χ2v) is 5.57. The molecule has 3 rings (SSSR count). The number of hydrogen-bond donors (Lipinski definition) is 1. The van der Waals surface area contributed by atoms with Crippen molar-refractivity contribution in [1.29, 1.82) is 0 Å². The summed E-state index contributed by atoms with van der Waals surface area (Å²) in [5, 5.41) is 10.8. The van der Waals surface area contributed by atoms with Gasteiger partial charge in [-0.1, -0.05) is 30.3 Å². The average Bonchev–Trinajstić information content (AvgIpc) is 2.52. The van der Waals surface area contributed by atoms with Gasteiger partial charge in [0.15, 0.2) is 0 Å². The van der Waals surface area contributed by atoms with E-state index in [0.29, 0.717) is 0 Å². The monoisotopic (exact) mass is 450 g/mol. The summed E-state index contributed by atoms with van der Waals surface area (Å²) in [6, 6.07) is 21.5. The van der Waals surface area contributed by atoms with Gasteiger partial charge >= 0.3 is 0 Å². The fourth-order valence-corrected chi connectivity index (χ4v) is 2.87. The summed E-state index contributed by atoms with van der Waals surface area (Å²) in [5.74, 6) is 0. The summed E-state index contributed by atoms with van der Waals surface area (Å²) in [6.45, 7) is 2.82. The van der Waals surface area contributed by atoms with Crippen molar-refractivity contribution in [1.82, 2.24) is 4.90 Å². The van der Waals surface area contributed by atoms with Gasteiger partial charge in [0.25, 0.3) is 0 Å². The first-order valence-corrected chi connectivity index (χ1v) is 7.22. The standard InChI is InChI=1S/C18H20NO.W/c20-18(17-9-5-2-6-10-17)11-13-19(14-12-18)15-16-7-3-1-4-8-16;/h1-9,20H,11-15H2;/q-1;. The van der Waals surface area contributed by atoms with Crippen LogP contribution in [0.2, 0.25) is 0 Å². The topological polar surface area (TPSA) is 23.5 Å². The Balaban J connectivity index is 0.00000161. The van der Waals surface area contributed by atoms with Crippen molar-refractivity contribution in [2.75, 3.05) is 13.1 Å². The van der Waals surface area contributed by atoms with Crippen molar-refractivity contribution >= 4 is 0 Å². The molecule has 3 heteroatoms. The van der Waals surface area contributed by atoms with Gasteiger partial charge in [-0.25, -0.2) is 0 Å². The van der Waals surface area contributed by atoms with E-state index in [0.717, 1.165) is 38.0 Å². The molecular formula is C18H20NOW-. The van der Waals surface area contributed by atoms with Gasteiger partial charge in [0.2, 0.25) is 0 Å². The molecule has 0 radical (unpaired) electrons. The van der Waals surface area contributed by atoms with Crippen LogP contribution in [-0.2, 0) is 33.2 Å². The van der Waals surface area contributed by atoms with Crippen LogP contribution < -0.4 is 0 Å². The second kappa shape index (κ2) is 7.35. The molecule has 0 spiro atoms. The minimum Gasteiger partial charge on any atom is -0.387 e. The molecule has 2 aromatic rings. The maximum absolute atomic E-state index is 10.8. The number of rotatable bonds is 3.